The molecule has 138 valence electrons. The Kier molecular flexibility index (Phi) is 5.11. The number of hydrogen-bond acceptors (Lipinski definition) is 4. The Morgan fingerprint density at radius 2 is 1.96 bits per heavy atom. The number of rotatable bonds is 5. The van der Waals surface area contributed by atoms with Crippen LogP contribution < -0.4 is 5.32 Å². The molecular weight excluding hydrogens is 360 g/mol. The molecule has 1 N–H and O–H groups in total. The SMILES string of the molecule is CSc1ccc([C@@]2(C(=O)Nc3ncc(C)s3)CC2C2CCCCC2)cc1. The molecule has 5 heteroatoms. The summed E-state index contributed by atoms with van der Waals surface area (Å²) in [5.41, 5.74) is 0.815. The number of hydrogen-bond donors (Lipinski definition) is 1. The van der Waals surface area contributed by atoms with Crippen molar-refractivity contribution in [3.05, 3.63) is 40.9 Å². The van der Waals surface area contributed by atoms with Gasteiger partial charge < -0.3 is 5.32 Å². The molecule has 2 aromatic rings. The van der Waals surface area contributed by atoms with E-state index < -0.39 is 0 Å². The van der Waals surface area contributed by atoms with Gasteiger partial charge in [-0.1, -0.05) is 44.2 Å². The summed E-state index contributed by atoms with van der Waals surface area (Å²) in [6.45, 7) is 2.02. The van der Waals surface area contributed by atoms with Crippen LogP contribution in [0.25, 0.3) is 0 Å². The van der Waals surface area contributed by atoms with Crippen molar-refractivity contribution >= 4 is 34.1 Å². The summed E-state index contributed by atoms with van der Waals surface area (Å²) in [4.78, 5) is 20.1. The second-order valence-corrected chi connectivity index (χ2v) is 9.75. The third-order valence-electron chi connectivity index (χ3n) is 6.09. The van der Waals surface area contributed by atoms with Gasteiger partial charge in [-0.15, -0.1) is 23.1 Å². The summed E-state index contributed by atoms with van der Waals surface area (Å²) in [6.07, 6.45) is 11.4. The van der Waals surface area contributed by atoms with Gasteiger partial charge in [-0.05, 0) is 49.1 Å². The highest BCUT2D eigenvalue weighted by Crippen LogP contribution is 2.61. The largest absolute Gasteiger partial charge is 0.301 e. The van der Waals surface area contributed by atoms with Gasteiger partial charge in [-0.2, -0.15) is 0 Å². The number of thiazole rings is 1. The van der Waals surface area contributed by atoms with Crippen LogP contribution in [0.5, 0.6) is 0 Å². The fraction of sp³-hybridized carbons (Fsp3) is 0.524. The molecule has 0 spiro atoms. The van der Waals surface area contributed by atoms with Crippen molar-refractivity contribution in [1.29, 1.82) is 0 Å². The highest BCUT2D eigenvalue weighted by Gasteiger charge is 2.63. The highest BCUT2D eigenvalue weighted by molar-refractivity contribution is 7.98. The summed E-state index contributed by atoms with van der Waals surface area (Å²) in [5.74, 6) is 1.30. The number of nitrogens with one attached hydrogen (secondary N) is 1. The minimum absolute atomic E-state index is 0.138. The topological polar surface area (TPSA) is 42.0 Å². The zero-order valence-electron chi connectivity index (χ0n) is 15.5. The van der Waals surface area contributed by atoms with Gasteiger partial charge in [0.25, 0.3) is 0 Å². The molecule has 0 saturated heterocycles. The van der Waals surface area contributed by atoms with E-state index in [1.54, 1.807) is 23.1 Å². The number of carbonyl (C=O) groups excluding carboxylic acids is 1. The molecule has 4 rings (SSSR count). The van der Waals surface area contributed by atoms with E-state index in [9.17, 15) is 4.79 Å². The van der Waals surface area contributed by atoms with Crippen LogP contribution in [0.4, 0.5) is 5.13 Å². The van der Waals surface area contributed by atoms with Crippen molar-refractivity contribution in [2.24, 2.45) is 11.8 Å². The molecule has 2 aliphatic carbocycles. The van der Waals surface area contributed by atoms with E-state index in [0.717, 1.165) is 16.4 Å². The number of benzene rings is 1. The van der Waals surface area contributed by atoms with Gasteiger partial charge in [0.15, 0.2) is 5.13 Å². The van der Waals surface area contributed by atoms with Gasteiger partial charge in [-0.25, -0.2) is 4.98 Å². The maximum Gasteiger partial charge on any atom is 0.237 e. The smallest absolute Gasteiger partial charge is 0.237 e. The summed E-state index contributed by atoms with van der Waals surface area (Å²) < 4.78 is 0. The molecular formula is C21H26N2OS2. The number of thioether (sulfide) groups is 1. The zero-order valence-corrected chi connectivity index (χ0v) is 17.1. The normalized spacial score (nSPS) is 25.8. The molecule has 3 nitrogen and oxygen atoms in total. The summed E-state index contributed by atoms with van der Waals surface area (Å²) >= 11 is 3.29. The Bertz CT molecular complexity index is 780. The first kappa shape index (κ1) is 18.1. The van der Waals surface area contributed by atoms with E-state index >= 15 is 0 Å². The molecule has 0 bridgehead atoms. The maximum absolute atomic E-state index is 13.4. The molecule has 1 heterocycles. The van der Waals surface area contributed by atoms with Crippen molar-refractivity contribution in [1.82, 2.24) is 4.98 Å². The predicted octanol–water partition coefficient (Wildman–Crippen LogP) is 5.65. The van der Waals surface area contributed by atoms with Crippen LogP contribution in [0.3, 0.4) is 0 Å². The number of amides is 1. The third kappa shape index (κ3) is 3.31. The number of nitrogens with zero attached hydrogens (tertiary/aromatic N) is 1. The number of anilines is 1. The fourth-order valence-electron chi connectivity index (χ4n) is 4.63. The minimum atomic E-state index is -0.363. The Hall–Kier alpha value is -1.33. The molecule has 26 heavy (non-hydrogen) atoms. The van der Waals surface area contributed by atoms with Crippen molar-refractivity contribution in [3.63, 3.8) is 0 Å². The van der Waals surface area contributed by atoms with Crippen molar-refractivity contribution in [3.8, 4) is 0 Å². The molecule has 1 aromatic carbocycles. The monoisotopic (exact) mass is 386 g/mol. The lowest BCUT2D eigenvalue weighted by molar-refractivity contribution is -0.119. The first-order valence-corrected chi connectivity index (χ1v) is 11.6. The molecule has 2 saturated carbocycles. The van der Waals surface area contributed by atoms with E-state index in [2.05, 4.69) is 40.8 Å². The second-order valence-electron chi connectivity index (χ2n) is 7.64. The van der Waals surface area contributed by atoms with E-state index in [1.165, 1.54) is 42.6 Å². The Morgan fingerprint density at radius 3 is 2.58 bits per heavy atom. The predicted molar refractivity (Wildman–Crippen MR) is 110 cm³/mol. The minimum Gasteiger partial charge on any atom is -0.301 e. The average Bonchev–Trinajstić information content (AvgIpc) is 3.32. The lowest BCUT2D eigenvalue weighted by Crippen LogP contribution is -2.32. The first-order chi connectivity index (χ1) is 12.6. The Labute approximate surface area is 164 Å². The van der Waals surface area contributed by atoms with Gasteiger partial charge in [0.05, 0.1) is 5.41 Å². The van der Waals surface area contributed by atoms with Crippen molar-refractivity contribution in [2.75, 3.05) is 11.6 Å². The molecule has 2 atom stereocenters. The third-order valence-corrected chi connectivity index (χ3v) is 7.66. The lowest BCUT2D eigenvalue weighted by atomic mass is 9.80. The molecule has 2 aliphatic rings. The molecule has 1 aromatic heterocycles. The van der Waals surface area contributed by atoms with Gasteiger partial charge in [0, 0.05) is 16.0 Å². The fourth-order valence-corrected chi connectivity index (χ4v) is 5.69. The van der Waals surface area contributed by atoms with Crippen molar-refractivity contribution < 1.29 is 4.79 Å². The molecule has 0 aliphatic heterocycles. The Balaban J connectivity index is 1.62. The standard InChI is InChI=1S/C21H26N2OS2/c1-14-13-22-20(26-14)23-19(24)21(16-8-10-17(25-2)11-9-16)12-18(21)15-6-4-3-5-7-15/h8-11,13,15,18H,3-7,12H2,1-2H3,(H,22,23,24)/t18?,21-/m0/s1. The summed E-state index contributed by atoms with van der Waals surface area (Å²) in [5, 5.41) is 3.85. The molecule has 0 radical (unpaired) electrons. The summed E-state index contributed by atoms with van der Waals surface area (Å²) in [7, 11) is 0. The zero-order chi connectivity index (χ0) is 18.1. The quantitative estimate of drug-likeness (QED) is 0.675. The summed E-state index contributed by atoms with van der Waals surface area (Å²) in [6, 6.07) is 8.64. The van der Waals surface area contributed by atoms with Crippen LogP contribution in [-0.2, 0) is 10.2 Å². The average molecular weight is 387 g/mol. The molecule has 2 fully saturated rings. The van der Waals surface area contributed by atoms with Crippen LogP contribution in [0, 0.1) is 18.8 Å². The van der Waals surface area contributed by atoms with E-state index in [4.69, 9.17) is 0 Å². The van der Waals surface area contributed by atoms with Crippen LogP contribution in [0.2, 0.25) is 0 Å². The Morgan fingerprint density at radius 1 is 1.23 bits per heavy atom. The van der Waals surface area contributed by atoms with Crippen LogP contribution in [0.15, 0.2) is 35.4 Å². The van der Waals surface area contributed by atoms with Gasteiger partial charge >= 0.3 is 0 Å². The van der Waals surface area contributed by atoms with Gasteiger partial charge in [0.2, 0.25) is 5.91 Å². The first-order valence-electron chi connectivity index (χ1n) is 9.52. The number of aryl methyl sites for hydroxylation is 1. The van der Waals surface area contributed by atoms with E-state index in [1.807, 2.05) is 13.1 Å². The van der Waals surface area contributed by atoms with E-state index in [0.29, 0.717) is 11.8 Å². The van der Waals surface area contributed by atoms with Crippen LogP contribution in [0.1, 0.15) is 49.0 Å². The number of aromatic nitrogens is 1. The highest BCUT2D eigenvalue weighted by atomic mass is 32.2. The second kappa shape index (κ2) is 7.35. The maximum atomic E-state index is 13.4. The van der Waals surface area contributed by atoms with Gasteiger partial charge in [-0.3, -0.25) is 4.79 Å². The van der Waals surface area contributed by atoms with E-state index in [-0.39, 0.29) is 11.3 Å². The number of carbonyl (C=O) groups is 1. The van der Waals surface area contributed by atoms with Crippen LogP contribution >= 0.6 is 23.1 Å². The van der Waals surface area contributed by atoms with Crippen molar-refractivity contribution in [2.45, 2.75) is 55.8 Å². The van der Waals surface area contributed by atoms with Gasteiger partial charge in [0.1, 0.15) is 0 Å². The molecule has 1 amide bonds. The lowest BCUT2D eigenvalue weighted by Gasteiger charge is -2.25. The molecule has 1 unspecified atom stereocenters. The van der Waals surface area contributed by atoms with Crippen LogP contribution in [-0.4, -0.2) is 17.1 Å².